The van der Waals surface area contributed by atoms with Crippen LogP contribution in [0.15, 0.2) is 42.6 Å². The SMILES string of the molecule is COc1cnc(CCl)cc1OCCc1ccccc1. The van der Waals surface area contributed by atoms with Gasteiger partial charge in [-0.25, -0.2) is 0 Å². The van der Waals surface area contributed by atoms with Crippen LogP contribution in [0.5, 0.6) is 11.5 Å². The van der Waals surface area contributed by atoms with Crippen LogP contribution in [0.3, 0.4) is 0 Å². The van der Waals surface area contributed by atoms with E-state index in [1.54, 1.807) is 13.3 Å². The molecule has 0 saturated heterocycles. The minimum atomic E-state index is 0.360. The Labute approximate surface area is 118 Å². The quantitative estimate of drug-likeness (QED) is 0.758. The smallest absolute Gasteiger partial charge is 0.179 e. The van der Waals surface area contributed by atoms with E-state index in [4.69, 9.17) is 21.1 Å². The van der Waals surface area contributed by atoms with Crippen molar-refractivity contribution in [1.29, 1.82) is 0 Å². The Bertz CT molecular complexity index is 517. The van der Waals surface area contributed by atoms with Crippen LogP contribution in [0, 0.1) is 0 Å². The summed E-state index contributed by atoms with van der Waals surface area (Å²) in [5.41, 5.74) is 2.02. The summed E-state index contributed by atoms with van der Waals surface area (Å²) in [6, 6.07) is 12.0. The first-order valence-electron chi connectivity index (χ1n) is 6.09. The molecule has 19 heavy (non-hydrogen) atoms. The van der Waals surface area contributed by atoms with Gasteiger partial charge in [-0.15, -0.1) is 11.6 Å². The van der Waals surface area contributed by atoms with Crippen LogP contribution in [-0.4, -0.2) is 18.7 Å². The van der Waals surface area contributed by atoms with Gasteiger partial charge in [0.25, 0.3) is 0 Å². The van der Waals surface area contributed by atoms with E-state index in [0.717, 1.165) is 12.1 Å². The first-order chi connectivity index (χ1) is 9.33. The number of benzene rings is 1. The van der Waals surface area contributed by atoms with Crippen molar-refractivity contribution in [2.75, 3.05) is 13.7 Å². The summed E-state index contributed by atoms with van der Waals surface area (Å²) in [7, 11) is 1.60. The largest absolute Gasteiger partial charge is 0.491 e. The number of halogens is 1. The molecule has 0 radical (unpaired) electrons. The number of nitrogens with zero attached hydrogens (tertiary/aromatic N) is 1. The normalized spacial score (nSPS) is 10.2. The maximum Gasteiger partial charge on any atom is 0.179 e. The molecule has 0 fully saturated rings. The molecule has 0 aliphatic heterocycles. The van der Waals surface area contributed by atoms with Gasteiger partial charge in [0.15, 0.2) is 11.5 Å². The van der Waals surface area contributed by atoms with Gasteiger partial charge in [-0.3, -0.25) is 4.98 Å². The Balaban J connectivity index is 1.98. The lowest BCUT2D eigenvalue weighted by atomic mass is 10.2. The molecule has 1 aromatic heterocycles. The summed E-state index contributed by atoms with van der Waals surface area (Å²) in [6.07, 6.45) is 2.48. The molecule has 100 valence electrons. The van der Waals surface area contributed by atoms with Gasteiger partial charge in [-0.2, -0.15) is 0 Å². The number of aromatic nitrogens is 1. The monoisotopic (exact) mass is 277 g/mol. The summed E-state index contributed by atoms with van der Waals surface area (Å²) in [6.45, 7) is 0.589. The summed E-state index contributed by atoms with van der Waals surface area (Å²) in [4.78, 5) is 4.16. The lowest BCUT2D eigenvalue weighted by Gasteiger charge is -2.11. The molecule has 1 heterocycles. The lowest BCUT2D eigenvalue weighted by Crippen LogP contribution is -2.03. The van der Waals surface area contributed by atoms with Crippen LogP contribution >= 0.6 is 11.6 Å². The highest BCUT2D eigenvalue weighted by Crippen LogP contribution is 2.27. The van der Waals surface area contributed by atoms with Crippen molar-refractivity contribution in [2.45, 2.75) is 12.3 Å². The van der Waals surface area contributed by atoms with E-state index in [1.165, 1.54) is 5.56 Å². The minimum absolute atomic E-state index is 0.360. The lowest BCUT2D eigenvalue weighted by molar-refractivity contribution is 0.296. The topological polar surface area (TPSA) is 31.4 Å². The van der Waals surface area contributed by atoms with Crippen molar-refractivity contribution in [3.8, 4) is 11.5 Å². The molecule has 0 N–H and O–H groups in total. The molecule has 4 heteroatoms. The maximum atomic E-state index is 5.77. The van der Waals surface area contributed by atoms with Crippen LogP contribution in [0.2, 0.25) is 0 Å². The number of hydrogen-bond acceptors (Lipinski definition) is 3. The second-order valence-electron chi connectivity index (χ2n) is 4.04. The van der Waals surface area contributed by atoms with Crippen molar-refractivity contribution in [2.24, 2.45) is 0 Å². The second kappa shape index (κ2) is 7.00. The second-order valence-corrected chi connectivity index (χ2v) is 4.31. The van der Waals surface area contributed by atoms with E-state index in [1.807, 2.05) is 24.3 Å². The predicted octanol–water partition coefficient (Wildman–Crippen LogP) is 3.45. The van der Waals surface area contributed by atoms with Crippen molar-refractivity contribution < 1.29 is 9.47 Å². The molecular weight excluding hydrogens is 262 g/mol. The van der Waals surface area contributed by atoms with Gasteiger partial charge in [0.2, 0.25) is 0 Å². The summed E-state index contributed by atoms with van der Waals surface area (Å²) < 4.78 is 11.0. The van der Waals surface area contributed by atoms with Crippen LogP contribution in [-0.2, 0) is 12.3 Å². The van der Waals surface area contributed by atoms with Crippen LogP contribution in [0.1, 0.15) is 11.3 Å². The van der Waals surface area contributed by atoms with Crippen molar-refractivity contribution in [1.82, 2.24) is 4.98 Å². The van der Waals surface area contributed by atoms with E-state index in [-0.39, 0.29) is 0 Å². The number of ether oxygens (including phenoxy) is 2. The summed E-state index contributed by atoms with van der Waals surface area (Å²) >= 11 is 5.77. The molecule has 0 amide bonds. The predicted molar refractivity (Wildman–Crippen MR) is 76.0 cm³/mol. The Morgan fingerprint density at radius 3 is 2.63 bits per heavy atom. The Morgan fingerprint density at radius 1 is 1.16 bits per heavy atom. The fourth-order valence-electron chi connectivity index (χ4n) is 1.73. The van der Waals surface area contributed by atoms with Crippen LogP contribution in [0.4, 0.5) is 0 Å². The van der Waals surface area contributed by atoms with Crippen molar-refractivity contribution >= 4 is 11.6 Å². The van der Waals surface area contributed by atoms with Gasteiger partial charge >= 0.3 is 0 Å². The minimum Gasteiger partial charge on any atom is -0.491 e. The summed E-state index contributed by atoms with van der Waals surface area (Å²) in [5.74, 6) is 1.67. The number of methoxy groups -OCH3 is 1. The van der Waals surface area contributed by atoms with E-state index in [2.05, 4.69) is 17.1 Å². The fraction of sp³-hybridized carbons (Fsp3) is 0.267. The molecule has 0 unspecified atom stereocenters. The summed E-state index contributed by atoms with van der Waals surface area (Å²) in [5, 5.41) is 0. The fourth-order valence-corrected chi connectivity index (χ4v) is 1.87. The third-order valence-electron chi connectivity index (χ3n) is 2.74. The maximum absolute atomic E-state index is 5.77. The van der Waals surface area contributed by atoms with Gasteiger partial charge in [0.05, 0.1) is 31.5 Å². The first kappa shape index (κ1) is 13.7. The Kier molecular flexibility index (Phi) is 5.04. The van der Waals surface area contributed by atoms with Gasteiger partial charge in [0, 0.05) is 12.5 Å². The number of rotatable bonds is 6. The Morgan fingerprint density at radius 2 is 1.95 bits per heavy atom. The molecule has 0 saturated carbocycles. The molecule has 0 aliphatic carbocycles. The molecule has 0 bridgehead atoms. The molecule has 3 nitrogen and oxygen atoms in total. The van der Waals surface area contributed by atoms with Crippen LogP contribution in [0.25, 0.3) is 0 Å². The highest BCUT2D eigenvalue weighted by atomic mass is 35.5. The Hall–Kier alpha value is -1.74. The standard InChI is InChI=1S/C15H16ClNO2/c1-18-15-11-17-13(10-16)9-14(15)19-8-7-12-5-3-2-4-6-12/h2-6,9,11H,7-8,10H2,1H3. The molecule has 0 spiro atoms. The molecular formula is C15H16ClNO2. The highest BCUT2D eigenvalue weighted by Gasteiger charge is 2.06. The van der Waals surface area contributed by atoms with Crippen molar-refractivity contribution in [3.63, 3.8) is 0 Å². The van der Waals surface area contributed by atoms with E-state index < -0.39 is 0 Å². The number of pyridine rings is 1. The average Bonchev–Trinajstić information content (AvgIpc) is 2.48. The molecule has 0 aliphatic rings. The average molecular weight is 278 g/mol. The molecule has 2 rings (SSSR count). The molecule has 2 aromatic rings. The van der Waals surface area contributed by atoms with E-state index in [0.29, 0.717) is 24.0 Å². The third kappa shape index (κ3) is 3.86. The van der Waals surface area contributed by atoms with E-state index in [9.17, 15) is 0 Å². The molecule has 1 aromatic carbocycles. The van der Waals surface area contributed by atoms with Gasteiger partial charge in [-0.05, 0) is 5.56 Å². The third-order valence-corrected chi connectivity index (χ3v) is 3.01. The zero-order chi connectivity index (χ0) is 13.5. The van der Waals surface area contributed by atoms with Crippen LogP contribution < -0.4 is 9.47 Å². The molecule has 0 atom stereocenters. The van der Waals surface area contributed by atoms with Crippen molar-refractivity contribution in [3.05, 3.63) is 53.9 Å². The number of alkyl halides is 1. The van der Waals surface area contributed by atoms with Gasteiger partial charge < -0.3 is 9.47 Å². The van der Waals surface area contributed by atoms with E-state index >= 15 is 0 Å². The zero-order valence-corrected chi connectivity index (χ0v) is 11.6. The van der Waals surface area contributed by atoms with Gasteiger partial charge in [0.1, 0.15) is 0 Å². The zero-order valence-electron chi connectivity index (χ0n) is 10.8. The highest BCUT2D eigenvalue weighted by molar-refractivity contribution is 6.16. The van der Waals surface area contributed by atoms with Gasteiger partial charge in [-0.1, -0.05) is 30.3 Å². The first-order valence-corrected chi connectivity index (χ1v) is 6.62. The number of hydrogen-bond donors (Lipinski definition) is 0.